The summed E-state index contributed by atoms with van der Waals surface area (Å²) in [5, 5.41) is 4.86. The summed E-state index contributed by atoms with van der Waals surface area (Å²) >= 11 is 1.71. The molecule has 2 unspecified atom stereocenters. The lowest BCUT2D eigenvalue weighted by atomic mass is 9.75. The highest BCUT2D eigenvalue weighted by Gasteiger charge is 2.35. The predicted molar refractivity (Wildman–Crippen MR) is 84.2 cm³/mol. The second-order valence-corrected chi connectivity index (χ2v) is 7.59. The average Bonchev–Trinajstić information content (AvgIpc) is 2.37. The predicted octanol–water partition coefficient (Wildman–Crippen LogP) is 2.81. The minimum absolute atomic E-state index is 0.0735. The van der Waals surface area contributed by atoms with E-state index in [2.05, 4.69) is 36.1 Å². The van der Waals surface area contributed by atoms with E-state index < -0.39 is 0 Å². The number of aromatic amines is 1. The van der Waals surface area contributed by atoms with E-state index in [1.54, 1.807) is 18.0 Å². The molecule has 20 heavy (non-hydrogen) atoms. The molecule has 1 aromatic heterocycles. The molecule has 1 aliphatic carbocycles. The molecule has 0 aliphatic heterocycles. The third-order valence-corrected chi connectivity index (χ3v) is 5.13. The van der Waals surface area contributed by atoms with Crippen LogP contribution < -0.4 is 10.9 Å². The zero-order valence-corrected chi connectivity index (χ0v) is 13.4. The number of hydrogen-bond acceptors (Lipinski definition) is 4. The lowest BCUT2D eigenvalue weighted by Crippen LogP contribution is -2.45. The molecule has 0 bridgehead atoms. The maximum Gasteiger partial charge on any atom is 0.251 e. The third-order valence-electron chi connectivity index (χ3n) is 3.90. The van der Waals surface area contributed by atoms with E-state index in [-0.39, 0.29) is 5.56 Å². The molecule has 2 rings (SSSR count). The van der Waals surface area contributed by atoms with Crippen molar-refractivity contribution in [2.24, 2.45) is 5.41 Å². The zero-order valence-electron chi connectivity index (χ0n) is 12.6. The topological polar surface area (TPSA) is 57.8 Å². The largest absolute Gasteiger partial charge is 0.313 e. The summed E-state index contributed by atoms with van der Waals surface area (Å²) in [6.45, 7) is 7.91. The van der Waals surface area contributed by atoms with Crippen molar-refractivity contribution >= 4 is 11.8 Å². The second kappa shape index (κ2) is 6.76. The Morgan fingerprint density at radius 2 is 2.35 bits per heavy atom. The van der Waals surface area contributed by atoms with Crippen LogP contribution in [0.1, 0.15) is 46.5 Å². The Kier molecular flexibility index (Phi) is 5.27. The van der Waals surface area contributed by atoms with Gasteiger partial charge in [-0.25, -0.2) is 4.98 Å². The molecule has 112 valence electrons. The first-order valence-electron chi connectivity index (χ1n) is 7.45. The van der Waals surface area contributed by atoms with Gasteiger partial charge in [-0.2, -0.15) is 0 Å². The fraction of sp³-hybridized carbons (Fsp3) is 0.733. The number of hydrogen-bond donors (Lipinski definition) is 2. The van der Waals surface area contributed by atoms with Gasteiger partial charge < -0.3 is 10.3 Å². The van der Waals surface area contributed by atoms with Crippen molar-refractivity contribution in [1.82, 2.24) is 15.3 Å². The van der Waals surface area contributed by atoms with E-state index in [9.17, 15) is 4.79 Å². The molecule has 0 radical (unpaired) electrons. The summed E-state index contributed by atoms with van der Waals surface area (Å²) in [5.74, 6) is 0. The summed E-state index contributed by atoms with van der Waals surface area (Å²) in [6, 6.07) is 1.97. The smallest absolute Gasteiger partial charge is 0.251 e. The average molecular weight is 295 g/mol. The van der Waals surface area contributed by atoms with Crippen molar-refractivity contribution in [3.63, 3.8) is 0 Å². The van der Waals surface area contributed by atoms with Crippen LogP contribution in [0.3, 0.4) is 0 Å². The molecule has 0 spiro atoms. The van der Waals surface area contributed by atoms with Crippen LogP contribution in [0.2, 0.25) is 0 Å². The van der Waals surface area contributed by atoms with Gasteiger partial charge in [-0.3, -0.25) is 4.79 Å². The number of nitrogens with zero attached hydrogens (tertiary/aromatic N) is 1. The van der Waals surface area contributed by atoms with Crippen molar-refractivity contribution in [3.05, 3.63) is 22.6 Å². The first-order valence-corrected chi connectivity index (χ1v) is 8.33. The minimum atomic E-state index is -0.0735. The molecule has 1 saturated carbocycles. The quantitative estimate of drug-likeness (QED) is 0.820. The molecule has 0 saturated heterocycles. The highest BCUT2D eigenvalue weighted by molar-refractivity contribution is 7.99. The summed E-state index contributed by atoms with van der Waals surface area (Å²) in [5.41, 5.74) is 0.299. The molecule has 0 aromatic carbocycles. The maximum absolute atomic E-state index is 11.4. The van der Waals surface area contributed by atoms with Crippen LogP contribution in [0, 0.1) is 5.41 Å². The lowest BCUT2D eigenvalue weighted by molar-refractivity contribution is 0.214. The number of nitrogens with one attached hydrogen (secondary N) is 2. The Morgan fingerprint density at radius 3 is 3.05 bits per heavy atom. The lowest BCUT2D eigenvalue weighted by Gasteiger charge is -2.40. The number of rotatable bonds is 5. The molecule has 0 amide bonds. The van der Waals surface area contributed by atoms with E-state index in [4.69, 9.17) is 0 Å². The second-order valence-electron chi connectivity index (χ2n) is 6.36. The zero-order chi connectivity index (χ0) is 14.6. The van der Waals surface area contributed by atoms with Crippen LogP contribution in [0.25, 0.3) is 0 Å². The van der Waals surface area contributed by atoms with E-state index in [1.807, 2.05) is 0 Å². The fourth-order valence-corrected chi connectivity index (χ4v) is 4.26. The molecule has 5 heteroatoms. The summed E-state index contributed by atoms with van der Waals surface area (Å²) in [7, 11) is 0. The fourth-order valence-electron chi connectivity index (χ4n) is 2.76. The third kappa shape index (κ3) is 4.35. The van der Waals surface area contributed by atoms with E-state index in [1.165, 1.54) is 18.9 Å². The van der Waals surface area contributed by atoms with Gasteiger partial charge in [-0.15, -0.1) is 0 Å². The van der Waals surface area contributed by atoms with Crippen LogP contribution in [0.4, 0.5) is 0 Å². The summed E-state index contributed by atoms with van der Waals surface area (Å²) < 4.78 is 0. The first-order chi connectivity index (χ1) is 9.50. The van der Waals surface area contributed by atoms with Gasteiger partial charge in [0.25, 0.3) is 5.56 Å². The normalized spacial score (nSPS) is 25.6. The molecule has 2 atom stereocenters. The molecule has 2 N–H and O–H groups in total. The van der Waals surface area contributed by atoms with Crippen LogP contribution in [-0.2, 0) is 0 Å². The number of H-pyrrole nitrogens is 1. The number of aromatic nitrogens is 2. The molecular weight excluding hydrogens is 270 g/mol. The Bertz CT molecular complexity index is 486. The Hall–Kier alpha value is -0.810. The molecule has 1 aliphatic rings. The summed E-state index contributed by atoms with van der Waals surface area (Å²) in [6.07, 6.45) is 6.34. The van der Waals surface area contributed by atoms with Crippen LogP contribution in [-0.4, -0.2) is 27.8 Å². The minimum Gasteiger partial charge on any atom is -0.313 e. The van der Waals surface area contributed by atoms with Crippen molar-refractivity contribution in [2.45, 2.75) is 62.9 Å². The maximum atomic E-state index is 11.4. The Labute approximate surface area is 125 Å². The Morgan fingerprint density at radius 1 is 1.55 bits per heavy atom. The van der Waals surface area contributed by atoms with Gasteiger partial charge >= 0.3 is 0 Å². The number of thioether (sulfide) groups is 1. The van der Waals surface area contributed by atoms with E-state index in [0.29, 0.717) is 16.7 Å². The highest BCUT2D eigenvalue weighted by Crippen LogP contribution is 2.41. The molecular formula is C15H25N3OS. The van der Waals surface area contributed by atoms with Gasteiger partial charge in [0.15, 0.2) is 5.16 Å². The van der Waals surface area contributed by atoms with Crippen molar-refractivity contribution in [2.75, 3.05) is 6.54 Å². The van der Waals surface area contributed by atoms with E-state index >= 15 is 0 Å². The van der Waals surface area contributed by atoms with Gasteiger partial charge in [0.2, 0.25) is 0 Å². The van der Waals surface area contributed by atoms with Gasteiger partial charge in [-0.1, -0.05) is 32.5 Å². The molecule has 1 aromatic rings. The van der Waals surface area contributed by atoms with Gasteiger partial charge in [0, 0.05) is 23.6 Å². The molecule has 1 fully saturated rings. The molecule has 4 nitrogen and oxygen atoms in total. The SMILES string of the molecule is CCCNC1CCC(C)(C)CC1Sc1nccc(=O)[nH]1. The van der Waals surface area contributed by atoms with Crippen molar-refractivity contribution in [1.29, 1.82) is 0 Å². The first kappa shape index (κ1) is 15.6. The van der Waals surface area contributed by atoms with Gasteiger partial charge in [0.05, 0.1) is 0 Å². The highest BCUT2D eigenvalue weighted by atomic mass is 32.2. The van der Waals surface area contributed by atoms with Gasteiger partial charge in [0.1, 0.15) is 0 Å². The standard InChI is InChI=1S/C15H25N3OS/c1-4-8-16-11-5-7-15(2,3)10-12(11)20-14-17-9-6-13(19)18-14/h6,9,11-12,16H,4-5,7-8,10H2,1-3H3,(H,17,18,19). The van der Waals surface area contributed by atoms with E-state index in [0.717, 1.165) is 24.5 Å². The van der Waals surface area contributed by atoms with Crippen LogP contribution >= 0.6 is 11.8 Å². The molecule has 1 heterocycles. The monoisotopic (exact) mass is 295 g/mol. The van der Waals surface area contributed by atoms with Crippen molar-refractivity contribution in [3.8, 4) is 0 Å². The van der Waals surface area contributed by atoms with Crippen LogP contribution in [0.5, 0.6) is 0 Å². The van der Waals surface area contributed by atoms with Gasteiger partial charge in [-0.05, 0) is 37.6 Å². The van der Waals surface area contributed by atoms with Crippen LogP contribution in [0.15, 0.2) is 22.2 Å². The summed E-state index contributed by atoms with van der Waals surface area (Å²) in [4.78, 5) is 18.5. The Balaban J connectivity index is 2.08. The van der Waals surface area contributed by atoms with Crippen molar-refractivity contribution < 1.29 is 0 Å².